The molecule has 0 aliphatic carbocycles. The van der Waals surface area contributed by atoms with Gasteiger partial charge in [0.25, 0.3) is 5.56 Å². The van der Waals surface area contributed by atoms with Crippen molar-refractivity contribution in [1.29, 1.82) is 0 Å². The fraction of sp³-hybridized carbons (Fsp3) is 0.375. The lowest BCUT2D eigenvalue weighted by Crippen LogP contribution is -2.43. The molecule has 0 radical (unpaired) electrons. The van der Waals surface area contributed by atoms with Gasteiger partial charge in [0.05, 0.1) is 7.11 Å². The highest BCUT2D eigenvalue weighted by Gasteiger charge is 2.55. The summed E-state index contributed by atoms with van der Waals surface area (Å²) >= 11 is 0. The molecule has 1 unspecified atom stereocenters. The minimum absolute atomic E-state index is 0.0499. The molecule has 38 heavy (non-hydrogen) atoms. The van der Waals surface area contributed by atoms with Gasteiger partial charge >= 0.3 is 19.8 Å². The van der Waals surface area contributed by atoms with Gasteiger partial charge < -0.3 is 24.2 Å². The molecule has 1 saturated heterocycles. The van der Waals surface area contributed by atoms with E-state index in [1.165, 1.54) is 20.1 Å². The summed E-state index contributed by atoms with van der Waals surface area (Å²) in [4.78, 5) is 49.8. The monoisotopic (exact) mass is 549 g/mol. The van der Waals surface area contributed by atoms with Crippen LogP contribution in [0.4, 0.5) is 4.39 Å². The van der Waals surface area contributed by atoms with Gasteiger partial charge in [-0.15, -0.1) is 0 Å². The van der Waals surface area contributed by atoms with Gasteiger partial charge in [0.1, 0.15) is 18.8 Å². The standard InChI is InChI=1S/C24H25FN3O9P/c1-13(21(31)34-3)27-38(33)37-19-15-7-5-4-6-14(15)8-9-16(19)35-12-17-20(30)24(2,25)22(36-17)28-11-10-18(29)26-23(28)32/h4-11,13,17,20,22,30H,12H2,1-3H3,(H,26,29,32)/t13-,17+,20+,22+,24+/m0/s1. The summed E-state index contributed by atoms with van der Waals surface area (Å²) in [6.07, 6.45) is -3.41. The number of benzene rings is 2. The molecule has 1 aliphatic heterocycles. The molecule has 2 aromatic carbocycles. The Morgan fingerprint density at radius 3 is 2.76 bits per heavy atom. The van der Waals surface area contributed by atoms with E-state index < -0.39 is 55.5 Å². The van der Waals surface area contributed by atoms with E-state index in [0.717, 1.165) is 29.1 Å². The summed E-state index contributed by atoms with van der Waals surface area (Å²) in [7, 11) is -1.55. The maximum atomic E-state index is 15.5. The molecule has 0 spiro atoms. The molecular weight excluding hydrogens is 524 g/mol. The largest absolute Gasteiger partial charge is 0.575 e. The predicted molar refractivity (Wildman–Crippen MR) is 132 cm³/mol. The summed E-state index contributed by atoms with van der Waals surface area (Å²) in [6, 6.07) is 10.2. The molecule has 3 aromatic rings. The van der Waals surface area contributed by atoms with Gasteiger partial charge in [0, 0.05) is 17.6 Å². The summed E-state index contributed by atoms with van der Waals surface area (Å²) < 4.78 is 41.8. The lowest BCUT2D eigenvalue weighted by Gasteiger charge is -2.24. The predicted octanol–water partition coefficient (Wildman–Crippen LogP) is 1.55. The van der Waals surface area contributed by atoms with E-state index in [1.54, 1.807) is 30.3 Å². The number of H-pyrrole nitrogens is 1. The van der Waals surface area contributed by atoms with Crippen LogP contribution in [0.1, 0.15) is 20.1 Å². The molecule has 4 rings (SSSR count). The van der Waals surface area contributed by atoms with Crippen LogP contribution in [-0.2, 0) is 14.3 Å². The lowest BCUT2D eigenvalue weighted by molar-refractivity contribution is -0.169. The number of aromatic nitrogens is 2. The number of hydrogen-bond acceptors (Lipinski definition) is 10. The first-order chi connectivity index (χ1) is 18.0. The van der Waals surface area contributed by atoms with Crippen LogP contribution in [0.15, 0.2) is 63.0 Å². The number of fused-ring (bicyclic) bond motifs is 1. The van der Waals surface area contributed by atoms with Crippen LogP contribution >= 0.6 is 8.17 Å². The topological polar surface area (TPSA) is 164 Å². The molecule has 2 N–H and O–H groups in total. The minimum atomic E-state index is -2.73. The Labute approximate surface area is 216 Å². The number of ether oxygens (including phenoxy) is 3. The SMILES string of the molecule is COC(=O)[C@H](C)/N=[P+](/[O-])Oc1c(OC[C@H]2O[C@@H](n3ccc(=O)[nH]c3=O)[C@](C)(F)[C@@H]2O)ccc2ccccc12. The van der Waals surface area contributed by atoms with E-state index in [9.17, 15) is 24.4 Å². The molecule has 6 atom stereocenters. The Kier molecular flexibility index (Phi) is 7.93. The van der Waals surface area contributed by atoms with Crippen molar-refractivity contribution in [2.24, 2.45) is 4.74 Å². The number of methoxy groups -OCH3 is 1. The second-order valence-corrected chi connectivity index (χ2v) is 9.60. The highest BCUT2D eigenvalue weighted by atomic mass is 31.1. The first-order valence-electron chi connectivity index (χ1n) is 11.4. The van der Waals surface area contributed by atoms with E-state index in [1.807, 2.05) is 4.98 Å². The summed E-state index contributed by atoms with van der Waals surface area (Å²) in [5, 5.41) is 11.9. The third-order valence-electron chi connectivity index (χ3n) is 6.05. The van der Waals surface area contributed by atoms with Gasteiger partial charge in [-0.05, 0) is 25.3 Å². The zero-order valence-corrected chi connectivity index (χ0v) is 21.5. The molecule has 12 nitrogen and oxygen atoms in total. The fourth-order valence-electron chi connectivity index (χ4n) is 4.03. The number of carbonyl (C=O) groups excluding carboxylic acids is 1. The first-order valence-corrected chi connectivity index (χ1v) is 12.6. The third-order valence-corrected chi connectivity index (χ3v) is 6.92. The highest BCUT2D eigenvalue weighted by molar-refractivity contribution is 7.34. The zero-order chi connectivity index (χ0) is 27.6. The fourth-order valence-corrected chi connectivity index (χ4v) is 4.79. The van der Waals surface area contributed by atoms with Gasteiger partial charge in [-0.25, -0.2) is 14.0 Å². The van der Waals surface area contributed by atoms with Crippen molar-refractivity contribution < 1.29 is 37.9 Å². The number of nitrogens with one attached hydrogen (secondary N) is 1. The Morgan fingerprint density at radius 2 is 2.05 bits per heavy atom. The van der Waals surface area contributed by atoms with Gasteiger partial charge in [0.2, 0.25) is 5.75 Å². The highest BCUT2D eigenvalue weighted by Crippen LogP contribution is 2.43. The average molecular weight is 549 g/mol. The van der Waals surface area contributed by atoms with E-state index in [-0.39, 0.29) is 18.1 Å². The Bertz CT molecular complexity index is 1490. The molecule has 0 amide bonds. The van der Waals surface area contributed by atoms with Crippen LogP contribution in [0.3, 0.4) is 0 Å². The number of halogens is 1. The smallest absolute Gasteiger partial charge is 0.395 e. The van der Waals surface area contributed by atoms with E-state index in [4.69, 9.17) is 14.0 Å². The molecule has 0 bridgehead atoms. The van der Waals surface area contributed by atoms with Crippen LogP contribution in [0.2, 0.25) is 0 Å². The molecule has 1 fully saturated rings. The van der Waals surface area contributed by atoms with E-state index in [0.29, 0.717) is 5.39 Å². The molecular formula is C24H25FN3O9P. The van der Waals surface area contributed by atoms with Crippen LogP contribution < -0.4 is 25.4 Å². The van der Waals surface area contributed by atoms with Crippen LogP contribution in [0.5, 0.6) is 11.5 Å². The van der Waals surface area contributed by atoms with Crippen LogP contribution in [-0.4, -0.2) is 58.3 Å². The minimum Gasteiger partial charge on any atom is -0.575 e. The van der Waals surface area contributed by atoms with Gasteiger partial charge in [-0.2, -0.15) is 0 Å². The molecule has 2 heterocycles. The molecule has 1 aromatic heterocycles. The Balaban J connectivity index is 1.60. The number of alkyl halides is 1. The molecule has 0 saturated carbocycles. The van der Waals surface area contributed by atoms with Crippen molar-refractivity contribution in [3.63, 3.8) is 0 Å². The van der Waals surface area contributed by atoms with Crippen molar-refractivity contribution in [1.82, 2.24) is 9.55 Å². The number of aliphatic hydroxyl groups is 1. The van der Waals surface area contributed by atoms with Gasteiger partial charge in [-0.1, -0.05) is 35.1 Å². The number of aromatic amines is 1. The Morgan fingerprint density at radius 1 is 1.32 bits per heavy atom. The maximum absolute atomic E-state index is 15.5. The summed E-state index contributed by atoms with van der Waals surface area (Å²) in [6.45, 7) is 2.09. The average Bonchev–Trinajstić information content (AvgIpc) is 3.11. The van der Waals surface area contributed by atoms with Crippen molar-refractivity contribution >= 4 is 24.9 Å². The summed E-state index contributed by atoms with van der Waals surface area (Å²) in [5.41, 5.74) is -3.98. The molecule has 14 heteroatoms. The quantitative estimate of drug-likeness (QED) is 0.313. The van der Waals surface area contributed by atoms with Crippen LogP contribution in [0, 0.1) is 0 Å². The lowest BCUT2D eigenvalue weighted by atomic mass is 9.98. The van der Waals surface area contributed by atoms with Crippen LogP contribution in [0.25, 0.3) is 10.8 Å². The van der Waals surface area contributed by atoms with E-state index in [2.05, 4.69) is 9.48 Å². The number of carbonyl (C=O) groups is 1. The number of rotatable bonds is 8. The van der Waals surface area contributed by atoms with Crippen molar-refractivity contribution in [2.75, 3.05) is 13.7 Å². The number of hydrogen-bond donors (Lipinski definition) is 2. The number of aliphatic hydroxyl groups excluding tert-OH is 1. The maximum Gasteiger partial charge on any atom is 0.395 e. The Hall–Kier alpha value is -3.64. The first kappa shape index (κ1) is 27.4. The number of esters is 1. The third kappa shape index (κ3) is 5.46. The van der Waals surface area contributed by atoms with Crippen molar-refractivity contribution in [2.45, 2.75) is 44.0 Å². The molecule has 1 aliphatic rings. The van der Waals surface area contributed by atoms with Crippen molar-refractivity contribution in [3.8, 4) is 11.5 Å². The normalized spacial score (nSPS) is 24.3. The second kappa shape index (κ2) is 11.0. The van der Waals surface area contributed by atoms with Crippen molar-refractivity contribution in [3.05, 3.63) is 69.5 Å². The summed E-state index contributed by atoms with van der Waals surface area (Å²) in [5.74, 6) is -0.549. The van der Waals surface area contributed by atoms with E-state index >= 15 is 4.39 Å². The number of nitrogens with zero attached hydrogens (tertiary/aromatic N) is 2. The van der Waals surface area contributed by atoms with Gasteiger partial charge in [-0.3, -0.25) is 18.9 Å². The second-order valence-electron chi connectivity index (χ2n) is 8.71. The van der Waals surface area contributed by atoms with Gasteiger partial charge in [0.15, 0.2) is 23.7 Å². The zero-order valence-electron chi connectivity index (χ0n) is 20.6. The molecule has 202 valence electrons.